The molecule has 0 aliphatic rings. The molecule has 1 heterocycles. The average Bonchev–Trinajstić information content (AvgIpc) is 2.71. The summed E-state index contributed by atoms with van der Waals surface area (Å²) in [5.41, 5.74) is 7.79. The first-order valence-electron chi connectivity index (χ1n) is 5.00. The van der Waals surface area contributed by atoms with Crippen LogP contribution in [0.25, 0.3) is 10.6 Å². The fourth-order valence-electron chi connectivity index (χ4n) is 1.40. The van der Waals surface area contributed by atoms with Gasteiger partial charge in [-0.25, -0.2) is 0 Å². The van der Waals surface area contributed by atoms with Crippen LogP contribution >= 0.6 is 27.3 Å². The van der Waals surface area contributed by atoms with Gasteiger partial charge in [-0.2, -0.15) is 0 Å². The van der Waals surface area contributed by atoms with Gasteiger partial charge in [0.15, 0.2) is 0 Å². The van der Waals surface area contributed by atoms with Crippen molar-refractivity contribution in [2.45, 2.75) is 13.3 Å². The Morgan fingerprint density at radius 2 is 2.19 bits per heavy atom. The van der Waals surface area contributed by atoms with E-state index in [4.69, 9.17) is 5.73 Å². The van der Waals surface area contributed by atoms with E-state index in [1.165, 1.54) is 5.56 Å². The standard InChI is InChI=1S/C11H12BrN3S/c1-7-3-2-4-8(10(7)12)11-15-14-9(16-11)5-6-13/h2-4H,5-6,13H2,1H3. The number of rotatable bonds is 3. The molecule has 0 unspecified atom stereocenters. The SMILES string of the molecule is Cc1cccc(-c2nnc(CCN)s2)c1Br. The maximum Gasteiger partial charge on any atom is 0.148 e. The van der Waals surface area contributed by atoms with E-state index in [9.17, 15) is 0 Å². The predicted molar refractivity (Wildman–Crippen MR) is 70.5 cm³/mol. The highest BCUT2D eigenvalue weighted by molar-refractivity contribution is 9.10. The molecule has 0 spiro atoms. The second-order valence-corrected chi connectivity index (χ2v) is 5.33. The monoisotopic (exact) mass is 297 g/mol. The molecule has 0 fully saturated rings. The number of aryl methyl sites for hydroxylation is 1. The summed E-state index contributed by atoms with van der Waals surface area (Å²) in [7, 11) is 0. The lowest BCUT2D eigenvalue weighted by molar-refractivity contribution is 0.913. The smallest absolute Gasteiger partial charge is 0.148 e. The van der Waals surface area contributed by atoms with Crippen LogP contribution < -0.4 is 5.73 Å². The normalized spacial score (nSPS) is 10.7. The number of nitrogens with zero attached hydrogens (tertiary/aromatic N) is 2. The lowest BCUT2D eigenvalue weighted by Crippen LogP contribution is -2.01. The highest BCUT2D eigenvalue weighted by Crippen LogP contribution is 2.32. The van der Waals surface area contributed by atoms with E-state index in [0.29, 0.717) is 6.54 Å². The van der Waals surface area contributed by atoms with E-state index in [0.717, 1.165) is 26.5 Å². The first-order valence-corrected chi connectivity index (χ1v) is 6.61. The molecule has 5 heteroatoms. The van der Waals surface area contributed by atoms with Gasteiger partial charge < -0.3 is 5.73 Å². The van der Waals surface area contributed by atoms with Crippen molar-refractivity contribution in [3.8, 4) is 10.6 Å². The molecule has 0 amide bonds. The predicted octanol–water partition coefficient (Wildman–Crippen LogP) is 2.78. The van der Waals surface area contributed by atoms with Crippen molar-refractivity contribution in [3.05, 3.63) is 33.2 Å². The minimum Gasteiger partial charge on any atom is -0.330 e. The van der Waals surface area contributed by atoms with Gasteiger partial charge in [0.25, 0.3) is 0 Å². The van der Waals surface area contributed by atoms with E-state index in [1.807, 2.05) is 12.1 Å². The lowest BCUT2D eigenvalue weighted by Gasteiger charge is -2.02. The van der Waals surface area contributed by atoms with Gasteiger partial charge in [0.2, 0.25) is 0 Å². The van der Waals surface area contributed by atoms with Crippen LogP contribution in [0.3, 0.4) is 0 Å². The molecule has 2 rings (SSSR count). The number of aromatic nitrogens is 2. The third kappa shape index (κ3) is 2.31. The summed E-state index contributed by atoms with van der Waals surface area (Å²) in [5.74, 6) is 0. The molecule has 2 aromatic rings. The molecule has 3 nitrogen and oxygen atoms in total. The number of hydrogen-bond donors (Lipinski definition) is 1. The first-order chi connectivity index (χ1) is 7.72. The Morgan fingerprint density at radius 3 is 2.94 bits per heavy atom. The Bertz CT molecular complexity index is 496. The minimum absolute atomic E-state index is 0.615. The molecule has 0 saturated heterocycles. The third-order valence-corrected chi connectivity index (χ3v) is 4.32. The van der Waals surface area contributed by atoms with Crippen LogP contribution in [0, 0.1) is 6.92 Å². The fraction of sp³-hybridized carbons (Fsp3) is 0.273. The van der Waals surface area contributed by atoms with Crippen LogP contribution in [0.5, 0.6) is 0 Å². The number of benzene rings is 1. The van der Waals surface area contributed by atoms with Crippen LogP contribution in [-0.4, -0.2) is 16.7 Å². The van der Waals surface area contributed by atoms with Crippen molar-refractivity contribution in [1.82, 2.24) is 10.2 Å². The molecular weight excluding hydrogens is 286 g/mol. The van der Waals surface area contributed by atoms with Crippen LogP contribution in [0.4, 0.5) is 0 Å². The second-order valence-electron chi connectivity index (χ2n) is 3.48. The number of hydrogen-bond acceptors (Lipinski definition) is 4. The molecule has 84 valence electrons. The quantitative estimate of drug-likeness (QED) is 0.948. The zero-order valence-corrected chi connectivity index (χ0v) is 11.3. The fourth-order valence-corrected chi connectivity index (χ4v) is 2.87. The Kier molecular flexibility index (Phi) is 3.68. The van der Waals surface area contributed by atoms with Gasteiger partial charge in [-0.05, 0) is 35.0 Å². The molecule has 2 N–H and O–H groups in total. The molecule has 0 radical (unpaired) electrons. The molecule has 0 aliphatic carbocycles. The van der Waals surface area contributed by atoms with E-state index in [-0.39, 0.29) is 0 Å². The van der Waals surface area contributed by atoms with E-state index in [1.54, 1.807) is 11.3 Å². The Labute approximate surface area is 107 Å². The average molecular weight is 298 g/mol. The van der Waals surface area contributed by atoms with Crippen LogP contribution in [0.1, 0.15) is 10.6 Å². The zero-order valence-electron chi connectivity index (χ0n) is 8.90. The van der Waals surface area contributed by atoms with E-state index >= 15 is 0 Å². The Morgan fingerprint density at radius 1 is 1.38 bits per heavy atom. The second kappa shape index (κ2) is 5.03. The van der Waals surface area contributed by atoms with Crippen LogP contribution in [-0.2, 0) is 6.42 Å². The van der Waals surface area contributed by atoms with Crippen molar-refractivity contribution >= 4 is 27.3 Å². The maximum atomic E-state index is 5.49. The van der Waals surface area contributed by atoms with Gasteiger partial charge in [0.05, 0.1) is 0 Å². The number of nitrogens with two attached hydrogens (primary N) is 1. The minimum atomic E-state index is 0.615. The van der Waals surface area contributed by atoms with Crippen molar-refractivity contribution in [2.75, 3.05) is 6.54 Å². The van der Waals surface area contributed by atoms with Gasteiger partial charge in [-0.15, -0.1) is 10.2 Å². The maximum absolute atomic E-state index is 5.49. The van der Waals surface area contributed by atoms with E-state index < -0.39 is 0 Å². The van der Waals surface area contributed by atoms with Gasteiger partial charge in [0.1, 0.15) is 10.0 Å². The zero-order chi connectivity index (χ0) is 11.5. The molecule has 1 aromatic heterocycles. The highest BCUT2D eigenvalue weighted by atomic mass is 79.9. The van der Waals surface area contributed by atoms with Gasteiger partial charge in [-0.3, -0.25) is 0 Å². The van der Waals surface area contributed by atoms with Crippen molar-refractivity contribution < 1.29 is 0 Å². The molecule has 0 atom stereocenters. The highest BCUT2D eigenvalue weighted by Gasteiger charge is 2.10. The van der Waals surface area contributed by atoms with Gasteiger partial charge >= 0.3 is 0 Å². The van der Waals surface area contributed by atoms with Crippen LogP contribution in [0.2, 0.25) is 0 Å². The topological polar surface area (TPSA) is 51.8 Å². The summed E-state index contributed by atoms with van der Waals surface area (Å²) < 4.78 is 1.09. The van der Waals surface area contributed by atoms with Gasteiger partial charge in [-0.1, -0.05) is 29.5 Å². The van der Waals surface area contributed by atoms with E-state index in [2.05, 4.69) is 39.1 Å². The number of halogens is 1. The molecule has 0 bridgehead atoms. The summed E-state index contributed by atoms with van der Waals surface area (Å²) >= 11 is 5.18. The summed E-state index contributed by atoms with van der Waals surface area (Å²) in [5, 5.41) is 10.2. The first kappa shape index (κ1) is 11.7. The van der Waals surface area contributed by atoms with Crippen molar-refractivity contribution in [2.24, 2.45) is 5.73 Å². The van der Waals surface area contributed by atoms with Crippen molar-refractivity contribution in [3.63, 3.8) is 0 Å². The molecule has 1 aromatic carbocycles. The molecule has 0 saturated carbocycles. The summed E-state index contributed by atoms with van der Waals surface area (Å²) in [6, 6.07) is 6.14. The summed E-state index contributed by atoms with van der Waals surface area (Å²) in [4.78, 5) is 0. The molecule has 16 heavy (non-hydrogen) atoms. The van der Waals surface area contributed by atoms with Gasteiger partial charge in [0, 0.05) is 16.5 Å². The van der Waals surface area contributed by atoms with Crippen LogP contribution in [0.15, 0.2) is 22.7 Å². The lowest BCUT2D eigenvalue weighted by atomic mass is 10.1. The Balaban J connectivity index is 2.39. The molecule has 0 aliphatic heterocycles. The largest absolute Gasteiger partial charge is 0.330 e. The molecular formula is C11H12BrN3S. The Hall–Kier alpha value is -0.780. The third-order valence-electron chi connectivity index (χ3n) is 2.25. The summed E-state index contributed by atoms with van der Waals surface area (Å²) in [6.45, 7) is 2.68. The summed E-state index contributed by atoms with van der Waals surface area (Å²) in [6.07, 6.45) is 0.793. The van der Waals surface area contributed by atoms with Crippen molar-refractivity contribution in [1.29, 1.82) is 0 Å².